The molecular formula is C20H30N2O3. The number of ether oxygens (including phenoxy) is 2. The van der Waals surface area contributed by atoms with Crippen LogP contribution in [-0.4, -0.2) is 74.4 Å². The molecule has 2 aliphatic rings. The minimum Gasteiger partial charge on any atom is -0.381 e. The molecule has 0 aromatic heterocycles. The van der Waals surface area contributed by atoms with Crippen molar-refractivity contribution in [2.45, 2.75) is 32.7 Å². The van der Waals surface area contributed by atoms with Crippen molar-refractivity contribution >= 4 is 5.91 Å². The fraction of sp³-hybridized carbons (Fsp3) is 0.650. The van der Waals surface area contributed by atoms with Gasteiger partial charge in [0.2, 0.25) is 0 Å². The van der Waals surface area contributed by atoms with Gasteiger partial charge in [-0.05, 0) is 38.8 Å². The van der Waals surface area contributed by atoms with Crippen molar-refractivity contribution in [3.63, 3.8) is 0 Å². The zero-order chi connectivity index (χ0) is 17.6. The van der Waals surface area contributed by atoms with Gasteiger partial charge in [0.1, 0.15) is 0 Å². The molecule has 1 aromatic rings. The van der Waals surface area contributed by atoms with Crippen LogP contribution in [0.5, 0.6) is 0 Å². The van der Waals surface area contributed by atoms with Gasteiger partial charge in [0.25, 0.3) is 5.91 Å². The molecule has 3 rings (SSSR count). The standard InChI is InChI=1S/C20H30N2O3/c1-16-13-17(2)15-18(14-16)20(23)22(19-3-9-24-10-4-19)6-5-21-7-11-25-12-8-21/h13-15,19H,3-12H2,1-2H3. The fourth-order valence-electron chi connectivity index (χ4n) is 3.78. The van der Waals surface area contributed by atoms with E-state index in [1.807, 2.05) is 12.1 Å². The van der Waals surface area contributed by atoms with E-state index in [2.05, 4.69) is 29.7 Å². The molecular weight excluding hydrogens is 316 g/mol. The first-order chi connectivity index (χ1) is 12.1. The largest absolute Gasteiger partial charge is 0.381 e. The average molecular weight is 346 g/mol. The van der Waals surface area contributed by atoms with Crippen molar-refractivity contribution in [1.82, 2.24) is 9.80 Å². The van der Waals surface area contributed by atoms with Crippen molar-refractivity contribution in [3.8, 4) is 0 Å². The summed E-state index contributed by atoms with van der Waals surface area (Å²) < 4.78 is 10.9. The van der Waals surface area contributed by atoms with Crippen molar-refractivity contribution < 1.29 is 14.3 Å². The summed E-state index contributed by atoms with van der Waals surface area (Å²) >= 11 is 0. The summed E-state index contributed by atoms with van der Waals surface area (Å²) in [6, 6.07) is 6.42. The molecule has 0 radical (unpaired) electrons. The van der Waals surface area contributed by atoms with Gasteiger partial charge in [-0.1, -0.05) is 17.2 Å². The molecule has 0 spiro atoms. The Balaban J connectivity index is 1.73. The molecule has 1 aromatic carbocycles. The van der Waals surface area contributed by atoms with Gasteiger partial charge in [-0.3, -0.25) is 9.69 Å². The molecule has 2 fully saturated rings. The smallest absolute Gasteiger partial charge is 0.254 e. The number of rotatable bonds is 5. The number of aryl methyl sites for hydroxylation is 2. The molecule has 0 N–H and O–H groups in total. The van der Waals surface area contributed by atoms with E-state index in [4.69, 9.17) is 9.47 Å². The van der Waals surface area contributed by atoms with Gasteiger partial charge in [0.15, 0.2) is 0 Å². The number of benzene rings is 1. The van der Waals surface area contributed by atoms with Crippen LogP contribution < -0.4 is 0 Å². The molecule has 2 saturated heterocycles. The van der Waals surface area contributed by atoms with E-state index in [-0.39, 0.29) is 11.9 Å². The van der Waals surface area contributed by atoms with E-state index < -0.39 is 0 Å². The molecule has 25 heavy (non-hydrogen) atoms. The summed E-state index contributed by atoms with van der Waals surface area (Å²) in [5.74, 6) is 0.159. The average Bonchev–Trinajstić information content (AvgIpc) is 2.63. The van der Waals surface area contributed by atoms with Crippen LogP contribution in [0.15, 0.2) is 18.2 Å². The van der Waals surface area contributed by atoms with E-state index in [0.29, 0.717) is 0 Å². The second kappa shape index (κ2) is 8.79. The molecule has 1 amide bonds. The van der Waals surface area contributed by atoms with E-state index in [9.17, 15) is 4.79 Å². The number of nitrogens with zero attached hydrogens (tertiary/aromatic N) is 2. The summed E-state index contributed by atoms with van der Waals surface area (Å²) in [6.07, 6.45) is 1.86. The fourth-order valence-corrected chi connectivity index (χ4v) is 3.78. The summed E-state index contributed by atoms with van der Waals surface area (Å²) in [5.41, 5.74) is 3.10. The Bertz CT molecular complexity index is 558. The van der Waals surface area contributed by atoms with Gasteiger partial charge in [-0.2, -0.15) is 0 Å². The topological polar surface area (TPSA) is 42.0 Å². The maximum atomic E-state index is 13.3. The lowest BCUT2D eigenvalue weighted by molar-refractivity contribution is 0.0141. The van der Waals surface area contributed by atoms with Crippen LogP contribution >= 0.6 is 0 Å². The number of morpholine rings is 1. The molecule has 2 heterocycles. The predicted molar refractivity (Wildman–Crippen MR) is 98.1 cm³/mol. The van der Waals surface area contributed by atoms with Crippen molar-refractivity contribution in [2.75, 3.05) is 52.6 Å². The number of amides is 1. The van der Waals surface area contributed by atoms with Crippen LogP contribution in [0, 0.1) is 13.8 Å². The third-order valence-electron chi connectivity index (χ3n) is 5.12. The normalized spacial score (nSPS) is 19.8. The van der Waals surface area contributed by atoms with Gasteiger partial charge >= 0.3 is 0 Å². The Morgan fingerprint density at radius 2 is 1.64 bits per heavy atom. The summed E-state index contributed by atoms with van der Waals surface area (Å²) in [7, 11) is 0. The molecule has 5 heteroatoms. The van der Waals surface area contributed by atoms with Crippen molar-refractivity contribution in [2.24, 2.45) is 0 Å². The quantitative estimate of drug-likeness (QED) is 0.820. The van der Waals surface area contributed by atoms with Crippen molar-refractivity contribution in [1.29, 1.82) is 0 Å². The second-order valence-electron chi connectivity index (χ2n) is 7.17. The van der Waals surface area contributed by atoms with E-state index in [1.165, 1.54) is 0 Å². The summed E-state index contributed by atoms with van der Waals surface area (Å²) in [4.78, 5) is 17.7. The lowest BCUT2D eigenvalue weighted by Gasteiger charge is -2.36. The Morgan fingerprint density at radius 1 is 1.04 bits per heavy atom. The highest BCUT2D eigenvalue weighted by Gasteiger charge is 2.27. The zero-order valence-electron chi connectivity index (χ0n) is 15.5. The van der Waals surface area contributed by atoms with Crippen LogP contribution in [0.25, 0.3) is 0 Å². The molecule has 2 aliphatic heterocycles. The first kappa shape index (κ1) is 18.4. The Labute approximate surface area is 150 Å². The number of carbonyl (C=O) groups is 1. The van der Waals surface area contributed by atoms with E-state index in [0.717, 1.165) is 82.1 Å². The molecule has 0 atom stereocenters. The highest BCUT2D eigenvalue weighted by atomic mass is 16.5. The Hall–Kier alpha value is -1.43. The number of hydrogen-bond donors (Lipinski definition) is 0. The predicted octanol–water partition coefficient (Wildman–Crippen LogP) is 2.26. The van der Waals surface area contributed by atoms with Gasteiger partial charge in [0, 0.05) is 51.0 Å². The van der Waals surface area contributed by atoms with Crippen LogP contribution in [0.1, 0.15) is 34.3 Å². The maximum absolute atomic E-state index is 13.3. The van der Waals surface area contributed by atoms with Crippen LogP contribution in [-0.2, 0) is 9.47 Å². The minimum atomic E-state index is 0.159. The summed E-state index contributed by atoms with van der Waals surface area (Å²) in [5, 5.41) is 0. The third-order valence-corrected chi connectivity index (χ3v) is 5.12. The highest BCUT2D eigenvalue weighted by Crippen LogP contribution is 2.19. The maximum Gasteiger partial charge on any atom is 0.254 e. The number of hydrogen-bond acceptors (Lipinski definition) is 4. The Morgan fingerprint density at radius 3 is 2.28 bits per heavy atom. The molecule has 0 unspecified atom stereocenters. The SMILES string of the molecule is Cc1cc(C)cc(C(=O)N(CCN2CCOCC2)C2CCOCC2)c1. The lowest BCUT2D eigenvalue weighted by Crippen LogP contribution is -2.48. The molecule has 0 bridgehead atoms. The monoisotopic (exact) mass is 346 g/mol. The first-order valence-electron chi connectivity index (χ1n) is 9.40. The molecule has 0 saturated carbocycles. The van der Waals surface area contributed by atoms with Crippen LogP contribution in [0.3, 0.4) is 0 Å². The minimum absolute atomic E-state index is 0.159. The highest BCUT2D eigenvalue weighted by molar-refractivity contribution is 5.94. The number of carbonyl (C=O) groups excluding carboxylic acids is 1. The van der Waals surface area contributed by atoms with Crippen LogP contribution in [0.2, 0.25) is 0 Å². The third kappa shape index (κ3) is 5.03. The van der Waals surface area contributed by atoms with Gasteiger partial charge in [-0.25, -0.2) is 0 Å². The first-order valence-corrected chi connectivity index (χ1v) is 9.40. The van der Waals surface area contributed by atoms with E-state index in [1.54, 1.807) is 0 Å². The molecule has 0 aliphatic carbocycles. The van der Waals surface area contributed by atoms with Gasteiger partial charge in [-0.15, -0.1) is 0 Å². The van der Waals surface area contributed by atoms with Gasteiger partial charge < -0.3 is 14.4 Å². The second-order valence-corrected chi connectivity index (χ2v) is 7.17. The zero-order valence-corrected chi connectivity index (χ0v) is 15.5. The van der Waals surface area contributed by atoms with Crippen LogP contribution in [0.4, 0.5) is 0 Å². The lowest BCUT2D eigenvalue weighted by atomic mass is 10.0. The summed E-state index contributed by atoms with van der Waals surface area (Å²) in [6.45, 7) is 10.8. The van der Waals surface area contributed by atoms with E-state index >= 15 is 0 Å². The molecule has 138 valence electrons. The van der Waals surface area contributed by atoms with Crippen molar-refractivity contribution in [3.05, 3.63) is 34.9 Å². The van der Waals surface area contributed by atoms with Gasteiger partial charge in [0.05, 0.1) is 13.2 Å². The molecule has 5 nitrogen and oxygen atoms in total. The Kier molecular flexibility index (Phi) is 6.45.